The van der Waals surface area contributed by atoms with E-state index in [9.17, 15) is 4.79 Å². The number of carbonyl (C=O) groups is 1. The molecule has 6 heteroatoms. The molecule has 0 bridgehead atoms. The molecule has 1 aromatic heterocycles. The molecule has 1 saturated heterocycles. The van der Waals surface area contributed by atoms with Crippen LogP contribution in [0.3, 0.4) is 0 Å². The van der Waals surface area contributed by atoms with Gasteiger partial charge >= 0.3 is 0 Å². The first-order valence-electron chi connectivity index (χ1n) is 7.78. The molecule has 2 heterocycles. The second-order valence-electron chi connectivity index (χ2n) is 5.40. The van der Waals surface area contributed by atoms with Crippen molar-refractivity contribution in [2.75, 3.05) is 17.3 Å². The summed E-state index contributed by atoms with van der Waals surface area (Å²) in [5.41, 5.74) is 2.03. The summed E-state index contributed by atoms with van der Waals surface area (Å²) in [7, 11) is 0. The van der Waals surface area contributed by atoms with Crippen molar-refractivity contribution in [2.24, 2.45) is 0 Å². The second kappa shape index (κ2) is 6.45. The fourth-order valence-corrected chi connectivity index (χ4v) is 5.01. The number of ether oxygens (including phenoxy) is 1. The maximum Gasteiger partial charge on any atom is 0.240 e. The van der Waals surface area contributed by atoms with E-state index in [0.717, 1.165) is 26.7 Å². The lowest BCUT2D eigenvalue weighted by Gasteiger charge is -2.21. The standard InChI is InChI=1S/C18H16N2O2S2/c1-2-22-13-8-9-14-15(10-13)24-18(19-14)20-16(21)11-23-17(20)12-6-4-3-5-7-12/h3-10,17H,2,11H2,1H3/t17-/m0/s1. The van der Waals surface area contributed by atoms with Crippen molar-refractivity contribution in [3.8, 4) is 5.75 Å². The third-order valence-corrected chi connectivity index (χ3v) is 6.05. The third-order valence-electron chi connectivity index (χ3n) is 3.82. The Kier molecular flexibility index (Phi) is 4.16. The zero-order valence-corrected chi connectivity index (χ0v) is 14.8. The molecule has 0 radical (unpaired) electrons. The van der Waals surface area contributed by atoms with Crippen LogP contribution in [0.25, 0.3) is 10.2 Å². The molecular formula is C18H16N2O2S2. The Morgan fingerprint density at radius 3 is 2.88 bits per heavy atom. The van der Waals surface area contributed by atoms with Crippen molar-refractivity contribution < 1.29 is 9.53 Å². The van der Waals surface area contributed by atoms with Gasteiger partial charge in [-0.25, -0.2) is 4.98 Å². The molecule has 1 aliphatic heterocycles. The lowest BCUT2D eigenvalue weighted by Crippen LogP contribution is -2.27. The molecule has 2 aromatic carbocycles. The summed E-state index contributed by atoms with van der Waals surface area (Å²) in [6, 6.07) is 16.0. The van der Waals surface area contributed by atoms with Gasteiger partial charge in [-0.15, -0.1) is 11.8 Å². The number of nitrogens with zero attached hydrogens (tertiary/aromatic N) is 2. The molecule has 1 atom stereocenters. The van der Waals surface area contributed by atoms with Crippen molar-refractivity contribution in [2.45, 2.75) is 12.3 Å². The molecule has 0 saturated carbocycles. The van der Waals surface area contributed by atoms with E-state index in [1.54, 1.807) is 11.8 Å². The molecule has 122 valence electrons. The topological polar surface area (TPSA) is 42.4 Å². The highest BCUT2D eigenvalue weighted by Crippen LogP contribution is 2.44. The lowest BCUT2D eigenvalue weighted by molar-refractivity contribution is -0.115. The molecule has 1 fully saturated rings. The van der Waals surface area contributed by atoms with Crippen LogP contribution in [0.5, 0.6) is 5.75 Å². The van der Waals surface area contributed by atoms with Gasteiger partial charge in [0.2, 0.25) is 5.91 Å². The molecule has 4 rings (SSSR count). The van der Waals surface area contributed by atoms with Crippen molar-refractivity contribution >= 4 is 44.4 Å². The van der Waals surface area contributed by atoms with E-state index in [-0.39, 0.29) is 11.3 Å². The van der Waals surface area contributed by atoms with Gasteiger partial charge in [-0.3, -0.25) is 9.69 Å². The van der Waals surface area contributed by atoms with E-state index in [0.29, 0.717) is 12.4 Å². The quantitative estimate of drug-likeness (QED) is 0.691. The van der Waals surface area contributed by atoms with Crippen LogP contribution in [-0.4, -0.2) is 23.3 Å². The number of carbonyl (C=O) groups excluding carboxylic acids is 1. The highest BCUT2D eigenvalue weighted by Gasteiger charge is 2.35. The van der Waals surface area contributed by atoms with Gasteiger partial charge in [-0.05, 0) is 30.7 Å². The van der Waals surface area contributed by atoms with Crippen molar-refractivity contribution in [1.29, 1.82) is 0 Å². The molecule has 0 N–H and O–H groups in total. The highest BCUT2D eigenvalue weighted by atomic mass is 32.2. The molecule has 4 nitrogen and oxygen atoms in total. The summed E-state index contributed by atoms with van der Waals surface area (Å²) in [5.74, 6) is 1.43. The van der Waals surface area contributed by atoms with E-state index >= 15 is 0 Å². The fraction of sp³-hybridized carbons (Fsp3) is 0.222. The minimum atomic E-state index is -0.00868. The summed E-state index contributed by atoms with van der Waals surface area (Å²) < 4.78 is 6.59. The van der Waals surface area contributed by atoms with E-state index in [1.807, 2.05) is 48.2 Å². The van der Waals surface area contributed by atoms with Crippen LogP contribution in [-0.2, 0) is 4.79 Å². The van der Waals surface area contributed by atoms with Crippen LogP contribution in [0.2, 0.25) is 0 Å². The van der Waals surface area contributed by atoms with Crippen LogP contribution in [0, 0.1) is 0 Å². The van der Waals surface area contributed by atoms with Gasteiger partial charge in [-0.2, -0.15) is 0 Å². The molecule has 0 unspecified atom stereocenters. The maximum absolute atomic E-state index is 12.5. The van der Waals surface area contributed by atoms with Crippen LogP contribution < -0.4 is 9.64 Å². The summed E-state index contributed by atoms with van der Waals surface area (Å²) in [5, 5.41) is 0.744. The molecule has 24 heavy (non-hydrogen) atoms. The summed E-state index contributed by atoms with van der Waals surface area (Å²) in [6.07, 6.45) is 0. The van der Waals surface area contributed by atoms with E-state index in [2.05, 4.69) is 17.1 Å². The number of fused-ring (bicyclic) bond motifs is 1. The summed E-state index contributed by atoms with van der Waals surface area (Å²) >= 11 is 3.18. The molecule has 0 spiro atoms. The van der Waals surface area contributed by atoms with Gasteiger partial charge in [0.25, 0.3) is 0 Å². The number of thiazole rings is 1. The minimum Gasteiger partial charge on any atom is -0.494 e. The van der Waals surface area contributed by atoms with Crippen molar-refractivity contribution in [3.63, 3.8) is 0 Å². The first kappa shape index (κ1) is 15.5. The highest BCUT2D eigenvalue weighted by molar-refractivity contribution is 8.00. The van der Waals surface area contributed by atoms with Crippen molar-refractivity contribution in [1.82, 2.24) is 4.98 Å². The van der Waals surface area contributed by atoms with E-state index < -0.39 is 0 Å². The molecule has 1 aliphatic rings. The number of anilines is 1. The number of amides is 1. The maximum atomic E-state index is 12.5. The minimum absolute atomic E-state index is 0.00868. The molecule has 3 aromatic rings. The average Bonchev–Trinajstić information content (AvgIpc) is 3.18. The van der Waals surface area contributed by atoms with Crippen LogP contribution in [0.15, 0.2) is 48.5 Å². The monoisotopic (exact) mass is 356 g/mol. The lowest BCUT2D eigenvalue weighted by atomic mass is 10.2. The smallest absolute Gasteiger partial charge is 0.240 e. The number of aromatic nitrogens is 1. The van der Waals surface area contributed by atoms with Gasteiger partial charge in [0, 0.05) is 0 Å². The van der Waals surface area contributed by atoms with Crippen LogP contribution in [0.4, 0.5) is 5.13 Å². The third kappa shape index (κ3) is 2.76. The van der Waals surface area contributed by atoms with E-state index in [4.69, 9.17) is 4.74 Å². The first-order chi connectivity index (χ1) is 11.8. The second-order valence-corrected chi connectivity index (χ2v) is 7.47. The Hall–Kier alpha value is -2.05. The number of rotatable bonds is 4. The van der Waals surface area contributed by atoms with Crippen LogP contribution >= 0.6 is 23.1 Å². The number of thioether (sulfide) groups is 1. The summed E-state index contributed by atoms with van der Waals surface area (Å²) in [6.45, 7) is 2.60. The zero-order chi connectivity index (χ0) is 16.5. The van der Waals surface area contributed by atoms with Gasteiger partial charge in [0.15, 0.2) is 5.13 Å². The molecule has 0 aliphatic carbocycles. The number of hydrogen-bond acceptors (Lipinski definition) is 5. The Morgan fingerprint density at radius 1 is 1.25 bits per heavy atom. The van der Waals surface area contributed by atoms with Gasteiger partial charge < -0.3 is 4.74 Å². The van der Waals surface area contributed by atoms with E-state index in [1.165, 1.54) is 11.3 Å². The Morgan fingerprint density at radius 2 is 2.08 bits per heavy atom. The first-order valence-corrected chi connectivity index (χ1v) is 9.65. The Bertz CT molecular complexity index is 879. The normalized spacial score (nSPS) is 17.6. The molecule has 1 amide bonds. The SMILES string of the molecule is CCOc1ccc2nc(N3C(=O)CS[C@H]3c3ccccc3)sc2c1. The average molecular weight is 356 g/mol. The number of hydrogen-bond donors (Lipinski definition) is 0. The van der Waals surface area contributed by atoms with Gasteiger partial charge in [0.1, 0.15) is 11.1 Å². The van der Waals surface area contributed by atoms with Crippen molar-refractivity contribution in [3.05, 3.63) is 54.1 Å². The largest absolute Gasteiger partial charge is 0.494 e. The predicted molar refractivity (Wildman–Crippen MR) is 99.9 cm³/mol. The predicted octanol–water partition coefficient (Wildman–Crippen LogP) is 4.47. The zero-order valence-electron chi connectivity index (χ0n) is 13.1. The van der Waals surface area contributed by atoms with Crippen LogP contribution in [0.1, 0.15) is 17.9 Å². The summed E-state index contributed by atoms with van der Waals surface area (Å²) in [4.78, 5) is 19.0. The molecular weight excluding hydrogens is 340 g/mol. The Balaban J connectivity index is 1.73. The fourth-order valence-electron chi connectivity index (χ4n) is 2.75. The van der Waals surface area contributed by atoms with Gasteiger partial charge in [-0.1, -0.05) is 41.7 Å². The Labute approximate surface area is 148 Å². The number of benzene rings is 2. The van der Waals surface area contributed by atoms with Gasteiger partial charge in [0.05, 0.1) is 22.6 Å².